The van der Waals surface area contributed by atoms with Crippen molar-refractivity contribution in [3.63, 3.8) is 0 Å². The topological polar surface area (TPSA) is 64.7 Å². The number of rotatable bonds is 5. The number of hydrogen-bond acceptors (Lipinski definition) is 4. The summed E-state index contributed by atoms with van der Waals surface area (Å²) in [5.74, 6) is 1.28. The van der Waals surface area contributed by atoms with E-state index in [0.717, 1.165) is 13.0 Å². The monoisotopic (exact) mass is 295 g/mol. The Labute approximate surface area is 122 Å². The van der Waals surface area contributed by atoms with E-state index in [9.17, 15) is 4.79 Å². The number of nitrogens with one attached hydrogen (secondary N) is 1. The van der Waals surface area contributed by atoms with Gasteiger partial charge in [-0.05, 0) is 12.3 Å². The Morgan fingerprint density at radius 2 is 2.20 bits per heavy atom. The predicted molar refractivity (Wildman–Crippen MR) is 79.5 cm³/mol. The molecule has 0 saturated carbocycles. The molecule has 0 aromatic carbocycles. The summed E-state index contributed by atoms with van der Waals surface area (Å²) < 4.78 is 3.06. The van der Waals surface area contributed by atoms with Crippen molar-refractivity contribution in [2.75, 3.05) is 5.32 Å². The first-order valence-electron chi connectivity index (χ1n) is 6.49. The number of hydrogen-bond donors (Lipinski definition) is 1. The molecule has 0 aliphatic rings. The molecule has 20 heavy (non-hydrogen) atoms. The Morgan fingerprint density at radius 3 is 2.90 bits per heavy atom. The molecular weight excluding hydrogens is 278 g/mol. The van der Waals surface area contributed by atoms with Gasteiger partial charge < -0.3 is 5.32 Å². The Bertz CT molecular complexity index is 646. The largest absolute Gasteiger partial charge is 0.336 e. The molecule has 0 bridgehead atoms. The maximum absolute atomic E-state index is 11.7. The summed E-state index contributed by atoms with van der Waals surface area (Å²) in [5, 5.41) is 11.4. The highest BCUT2D eigenvalue weighted by Gasteiger charge is 2.09. The van der Waals surface area contributed by atoms with Gasteiger partial charge in [0.05, 0.1) is 11.9 Å². The Morgan fingerprint density at radius 1 is 1.45 bits per heavy atom. The summed E-state index contributed by atoms with van der Waals surface area (Å²) in [6.45, 7) is 5.21. The van der Waals surface area contributed by atoms with Crippen molar-refractivity contribution in [2.45, 2.75) is 26.8 Å². The molecule has 2 rings (SSSR count). The van der Waals surface area contributed by atoms with Gasteiger partial charge in [-0.2, -0.15) is 10.2 Å². The maximum Gasteiger partial charge on any atom is 0.287 e. The molecule has 0 atom stereocenters. The third kappa shape index (κ3) is 3.39. The molecule has 0 saturated heterocycles. The molecule has 7 heteroatoms. The molecule has 0 spiro atoms. The Kier molecular flexibility index (Phi) is 4.44. The molecule has 6 nitrogen and oxygen atoms in total. The van der Waals surface area contributed by atoms with E-state index < -0.39 is 0 Å². The van der Waals surface area contributed by atoms with Crippen LogP contribution in [0.15, 0.2) is 23.3 Å². The maximum atomic E-state index is 11.7. The molecule has 0 aliphatic heterocycles. The lowest BCUT2D eigenvalue weighted by atomic mass is 10.1. The molecule has 0 amide bonds. The zero-order valence-electron chi connectivity index (χ0n) is 11.8. The van der Waals surface area contributed by atoms with Gasteiger partial charge in [0.15, 0.2) is 5.82 Å². The molecule has 2 aromatic rings. The van der Waals surface area contributed by atoms with Gasteiger partial charge >= 0.3 is 0 Å². The Hall–Kier alpha value is -1.82. The van der Waals surface area contributed by atoms with Gasteiger partial charge in [0.2, 0.25) is 0 Å². The van der Waals surface area contributed by atoms with Crippen LogP contribution in [0.25, 0.3) is 0 Å². The van der Waals surface area contributed by atoms with Gasteiger partial charge in [0.25, 0.3) is 5.56 Å². The third-order valence-corrected chi connectivity index (χ3v) is 3.28. The van der Waals surface area contributed by atoms with Crippen molar-refractivity contribution < 1.29 is 0 Å². The summed E-state index contributed by atoms with van der Waals surface area (Å²) in [7, 11) is 1.55. The van der Waals surface area contributed by atoms with Crippen LogP contribution >= 0.6 is 11.6 Å². The van der Waals surface area contributed by atoms with E-state index in [1.807, 2.05) is 16.9 Å². The van der Waals surface area contributed by atoms with E-state index in [2.05, 4.69) is 29.4 Å². The number of aromatic nitrogens is 4. The molecule has 0 aliphatic carbocycles. The van der Waals surface area contributed by atoms with Crippen LogP contribution in [-0.4, -0.2) is 19.6 Å². The summed E-state index contributed by atoms with van der Waals surface area (Å²) in [4.78, 5) is 11.7. The molecule has 108 valence electrons. The number of halogens is 1. The van der Waals surface area contributed by atoms with E-state index in [4.69, 9.17) is 11.6 Å². The van der Waals surface area contributed by atoms with Gasteiger partial charge in [0.1, 0.15) is 5.02 Å². The van der Waals surface area contributed by atoms with Gasteiger partial charge in [-0.15, -0.1) is 0 Å². The highest BCUT2D eigenvalue weighted by atomic mass is 35.5. The summed E-state index contributed by atoms with van der Waals surface area (Å²) in [6, 6.07) is 1.84. The van der Waals surface area contributed by atoms with Crippen molar-refractivity contribution in [3.8, 4) is 0 Å². The molecule has 0 radical (unpaired) electrons. The van der Waals surface area contributed by atoms with Crippen LogP contribution < -0.4 is 10.9 Å². The zero-order chi connectivity index (χ0) is 14.7. The Balaban J connectivity index is 2.11. The van der Waals surface area contributed by atoms with Crippen LogP contribution in [-0.2, 0) is 13.6 Å². The fourth-order valence-corrected chi connectivity index (χ4v) is 1.90. The molecule has 2 heterocycles. The van der Waals surface area contributed by atoms with E-state index in [-0.39, 0.29) is 10.6 Å². The zero-order valence-corrected chi connectivity index (χ0v) is 12.6. The van der Waals surface area contributed by atoms with E-state index in [0.29, 0.717) is 17.4 Å². The fraction of sp³-hybridized carbons (Fsp3) is 0.462. The molecule has 0 fully saturated rings. The average molecular weight is 296 g/mol. The van der Waals surface area contributed by atoms with Crippen LogP contribution in [0, 0.1) is 5.92 Å². The van der Waals surface area contributed by atoms with Crippen LogP contribution in [0.4, 0.5) is 11.5 Å². The lowest BCUT2D eigenvalue weighted by Gasteiger charge is -2.06. The minimum absolute atomic E-state index is 0.110. The lowest BCUT2D eigenvalue weighted by Crippen LogP contribution is -2.20. The SMILES string of the molecule is CC(C)CCn1ccc(Nc2cnn(C)c(=O)c2Cl)n1. The summed E-state index contributed by atoms with van der Waals surface area (Å²) >= 11 is 5.99. The number of anilines is 2. The predicted octanol–water partition coefficient (Wildman–Crippen LogP) is 2.42. The lowest BCUT2D eigenvalue weighted by molar-refractivity contribution is 0.488. The first kappa shape index (κ1) is 14.6. The van der Waals surface area contributed by atoms with Crippen molar-refractivity contribution in [2.24, 2.45) is 13.0 Å². The molecular formula is C13H18ClN5O. The first-order valence-corrected chi connectivity index (χ1v) is 6.87. The number of aryl methyl sites for hydroxylation is 2. The van der Waals surface area contributed by atoms with E-state index >= 15 is 0 Å². The number of nitrogens with zero attached hydrogens (tertiary/aromatic N) is 4. The average Bonchev–Trinajstić information content (AvgIpc) is 2.85. The summed E-state index contributed by atoms with van der Waals surface area (Å²) in [6.07, 6.45) is 4.47. The second-order valence-electron chi connectivity index (χ2n) is 5.07. The van der Waals surface area contributed by atoms with Crippen molar-refractivity contribution in [3.05, 3.63) is 33.8 Å². The van der Waals surface area contributed by atoms with Crippen LogP contribution in [0.1, 0.15) is 20.3 Å². The second-order valence-corrected chi connectivity index (χ2v) is 5.45. The highest BCUT2D eigenvalue weighted by Crippen LogP contribution is 2.19. The van der Waals surface area contributed by atoms with Crippen LogP contribution in [0.2, 0.25) is 5.02 Å². The minimum Gasteiger partial charge on any atom is -0.336 e. The second kappa shape index (κ2) is 6.09. The quantitative estimate of drug-likeness (QED) is 0.920. The van der Waals surface area contributed by atoms with Gasteiger partial charge in [-0.1, -0.05) is 25.4 Å². The van der Waals surface area contributed by atoms with Gasteiger partial charge in [-0.3, -0.25) is 9.48 Å². The normalized spacial score (nSPS) is 11.1. The van der Waals surface area contributed by atoms with Gasteiger partial charge in [-0.25, -0.2) is 4.68 Å². The van der Waals surface area contributed by atoms with Crippen LogP contribution in [0.3, 0.4) is 0 Å². The van der Waals surface area contributed by atoms with Crippen LogP contribution in [0.5, 0.6) is 0 Å². The standard InChI is InChI=1S/C13H18ClN5O/c1-9(2)4-6-19-7-5-11(17-19)16-10-8-15-18(3)13(20)12(10)14/h5,7-9H,4,6H2,1-3H3,(H,16,17). The summed E-state index contributed by atoms with van der Waals surface area (Å²) in [5.41, 5.74) is 0.125. The molecule has 0 unspecified atom stereocenters. The molecule has 2 aromatic heterocycles. The van der Waals surface area contributed by atoms with E-state index in [1.165, 1.54) is 10.9 Å². The van der Waals surface area contributed by atoms with Crippen molar-refractivity contribution in [1.29, 1.82) is 0 Å². The first-order chi connectivity index (χ1) is 9.47. The highest BCUT2D eigenvalue weighted by molar-refractivity contribution is 6.33. The van der Waals surface area contributed by atoms with E-state index in [1.54, 1.807) is 7.05 Å². The van der Waals surface area contributed by atoms with Crippen molar-refractivity contribution >= 4 is 23.1 Å². The molecule has 1 N–H and O–H groups in total. The van der Waals surface area contributed by atoms with Gasteiger partial charge in [0, 0.05) is 25.9 Å². The minimum atomic E-state index is -0.337. The smallest absolute Gasteiger partial charge is 0.287 e. The van der Waals surface area contributed by atoms with Crippen molar-refractivity contribution in [1.82, 2.24) is 19.6 Å². The fourth-order valence-electron chi connectivity index (χ4n) is 1.68. The third-order valence-electron chi connectivity index (χ3n) is 2.92.